The predicted molar refractivity (Wildman–Crippen MR) is 65.0 cm³/mol. The van der Waals surface area contributed by atoms with Crippen molar-refractivity contribution in [2.45, 2.75) is 31.8 Å². The molecular formula is C14H15FO3. The van der Waals surface area contributed by atoms with E-state index in [1.54, 1.807) is 18.2 Å². The van der Waals surface area contributed by atoms with Gasteiger partial charge in [0.1, 0.15) is 0 Å². The number of aliphatic carboxylic acids is 1. The Morgan fingerprint density at radius 3 is 2.61 bits per heavy atom. The van der Waals surface area contributed by atoms with Gasteiger partial charge < -0.3 is 9.84 Å². The van der Waals surface area contributed by atoms with Crippen LogP contribution in [0.25, 0.3) is 0 Å². The van der Waals surface area contributed by atoms with Gasteiger partial charge in [-0.3, -0.25) is 0 Å². The van der Waals surface area contributed by atoms with Crippen molar-refractivity contribution >= 4 is 5.97 Å². The lowest BCUT2D eigenvalue weighted by molar-refractivity contribution is -0.131. The van der Waals surface area contributed by atoms with Crippen LogP contribution >= 0.6 is 0 Å². The van der Waals surface area contributed by atoms with E-state index in [1.807, 2.05) is 0 Å². The summed E-state index contributed by atoms with van der Waals surface area (Å²) < 4.78 is 19.0. The summed E-state index contributed by atoms with van der Waals surface area (Å²) in [6.45, 7) is 0. The van der Waals surface area contributed by atoms with E-state index >= 15 is 0 Å². The van der Waals surface area contributed by atoms with E-state index in [-0.39, 0.29) is 17.7 Å². The Bertz CT molecular complexity index is 458. The first-order valence-corrected chi connectivity index (χ1v) is 5.98. The molecule has 1 saturated carbocycles. The van der Waals surface area contributed by atoms with Crippen molar-refractivity contribution in [2.24, 2.45) is 0 Å². The van der Waals surface area contributed by atoms with Crippen LogP contribution in [-0.4, -0.2) is 17.2 Å². The summed E-state index contributed by atoms with van der Waals surface area (Å²) in [5, 5.41) is 8.65. The summed E-state index contributed by atoms with van der Waals surface area (Å²) in [6.07, 6.45) is 4.09. The molecule has 0 unspecified atom stereocenters. The molecule has 96 valence electrons. The summed E-state index contributed by atoms with van der Waals surface area (Å²) in [7, 11) is 0. The lowest BCUT2D eigenvalue weighted by Gasteiger charge is -2.24. The van der Waals surface area contributed by atoms with Gasteiger partial charge in [0.25, 0.3) is 0 Å². The minimum absolute atomic E-state index is 0.0344. The van der Waals surface area contributed by atoms with Crippen molar-refractivity contribution in [1.29, 1.82) is 0 Å². The predicted octanol–water partition coefficient (Wildman–Crippen LogP) is 3.16. The van der Waals surface area contributed by atoms with Crippen molar-refractivity contribution in [3.05, 3.63) is 41.7 Å². The van der Waals surface area contributed by atoms with Gasteiger partial charge in [-0.15, -0.1) is 0 Å². The molecule has 1 fully saturated rings. The Balaban J connectivity index is 1.91. The van der Waals surface area contributed by atoms with Crippen LogP contribution in [0.15, 0.2) is 35.9 Å². The van der Waals surface area contributed by atoms with Crippen molar-refractivity contribution in [3.8, 4) is 5.75 Å². The highest BCUT2D eigenvalue weighted by molar-refractivity contribution is 5.80. The van der Waals surface area contributed by atoms with Crippen LogP contribution in [0.1, 0.15) is 25.7 Å². The quantitative estimate of drug-likeness (QED) is 0.838. The van der Waals surface area contributed by atoms with Gasteiger partial charge in [0.2, 0.25) is 0 Å². The zero-order valence-electron chi connectivity index (χ0n) is 9.93. The number of rotatable bonds is 3. The Labute approximate surface area is 105 Å². The molecule has 4 heteroatoms. The number of halogens is 1. The van der Waals surface area contributed by atoms with E-state index in [4.69, 9.17) is 9.84 Å². The van der Waals surface area contributed by atoms with Crippen LogP contribution in [0.3, 0.4) is 0 Å². The second-order valence-electron chi connectivity index (χ2n) is 4.39. The highest BCUT2D eigenvalue weighted by atomic mass is 19.1. The number of para-hydroxylation sites is 1. The first-order chi connectivity index (χ1) is 8.65. The molecule has 1 aromatic carbocycles. The van der Waals surface area contributed by atoms with Crippen LogP contribution in [-0.2, 0) is 4.79 Å². The highest BCUT2D eigenvalue weighted by Crippen LogP contribution is 2.28. The molecule has 2 rings (SSSR count). The smallest absolute Gasteiger partial charge is 0.328 e. The van der Waals surface area contributed by atoms with E-state index in [2.05, 4.69) is 0 Å². The minimum atomic E-state index is -0.904. The molecule has 0 atom stereocenters. The lowest BCUT2D eigenvalue weighted by Crippen LogP contribution is -2.21. The van der Waals surface area contributed by atoms with Gasteiger partial charge in [-0.25, -0.2) is 9.18 Å². The number of hydrogen-bond acceptors (Lipinski definition) is 2. The van der Waals surface area contributed by atoms with Crippen molar-refractivity contribution in [1.82, 2.24) is 0 Å². The fourth-order valence-corrected chi connectivity index (χ4v) is 2.12. The minimum Gasteiger partial charge on any atom is -0.487 e. The number of benzene rings is 1. The van der Waals surface area contributed by atoms with Crippen molar-refractivity contribution in [3.63, 3.8) is 0 Å². The van der Waals surface area contributed by atoms with Crippen LogP contribution in [0.5, 0.6) is 5.75 Å². The molecule has 0 spiro atoms. The molecule has 0 amide bonds. The second kappa shape index (κ2) is 5.67. The maximum Gasteiger partial charge on any atom is 0.328 e. The Kier molecular flexibility index (Phi) is 3.97. The first kappa shape index (κ1) is 12.6. The molecule has 18 heavy (non-hydrogen) atoms. The third kappa shape index (κ3) is 3.32. The normalized spacial score (nSPS) is 19.4. The molecule has 0 radical (unpaired) electrons. The topological polar surface area (TPSA) is 46.5 Å². The highest BCUT2D eigenvalue weighted by Gasteiger charge is 2.19. The molecule has 3 nitrogen and oxygen atoms in total. The monoisotopic (exact) mass is 250 g/mol. The van der Waals surface area contributed by atoms with E-state index < -0.39 is 5.97 Å². The number of allylic oxidation sites excluding steroid dienone is 1. The Morgan fingerprint density at radius 1 is 1.33 bits per heavy atom. The fraction of sp³-hybridized carbons (Fsp3) is 0.357. The van der Waals surface area contributed by atoms with Gasteiger partial charge in [0, 0.05) is 6.08 Å². The molecule has 1 aliphatic carbocycles. The molecule has 1 N–H and O–H groups in total. The van der Waals surface area contributed by atoms with E-state index in [0.29, 0.717) is 12.8 Å². The Hall–Kier alpha value is -1.84. The third-order valence-corrected chi connectivity index (χ3v) is 3.03. The summed E-state index contributed by atoms with van der Waals surface area (Å²) in [5.41, 5.74) is 0.927. The average molecular weight is 250 g/mol. The number of carboxylic acid groups (broad SMARTS) is 1. The van der Waals surface area contributed by atoms with Gasteiger partial charge in [-0.05, 0) is 37.8 Å². The molecule has 0 saturated heterocycles. The molecule has 0 aliphatic heterocycles. The second-order valence-corrected chi connectivity index (χ2v) is 4.39. The number of hydrogen-bond donors (Lipinski definition) is 1. The van der Waals surface area contributed by atoms with Gasteiger partial charge in [0.05, 0.1) is 6.10 Å². The Morgan fingerprint density at radius 2 is 2.00 bits per heavy atom. The lowest BCUT2D eigenvalue weighted by atomic mass is 9.92. The molecule has 1 aliphatic rings. The molecule has 1 aromatic rings. The fourth-order valence-electron chi connectivity index (χ4n) is 2.12. The van der Waals surface area contributed by atoms with Gasteiger partial charge >= 0.3 is 5.97 Å². The average Bonchev–Trinajstić information content (AvgIpc) is 2.34. The van der Waals surface area contributed by atoms with Crippen molar-refractivity contribution < 1.29 is 19.0 Å². The van der Waals surface area contributed by atoms with E-state index in [1.165, 1.54) is 12.1 Å². The maximum atomic E-state index is 13.4. The molecule has 0 bridgehead atoms. The molecular weight excluding hydrogens is 235 g/mol. The van der Waals surface area contributed by atoms with Crippen LogP contribution in [0.2, 0.25) is 0 Å². The van der Waals surface area contributed by atoms with Gasteiger partial charge in [-0.1, -0.05) is 17.7 Å². The number of carboxylic acids is 1. The van der Waals surface area contributed by atoms with Gasteiger partial charge in [-0.2, -0.15) is 0 Å². The van der Waals surface area contributed by atoms with Gasteiger partial charge in [0.15, 0.2) is 11.6 Å². The largest absolute Gasteiger partial charge is 0.487 e. The maximum absolute atomic E-state index is 13.4. The van der Waals surface area contributed by atoms with E-state index in [0.717, 1.165) is 18.4 Å². The number of carbonyl (C=O) groups is 1. The third-order valence-electron chi connectivity index (χ3n) is 3.03. The zero-order valence-corrected chi connectivity index (χ0v) is 9.93. The van der Waals surface area contributed by atoms with Crippen LogP contribution < -0.4 is 4.74 Å². The van der Waals surface area contributed by atoms with Crippen LogP contribution in [0.4, 0.5) is 4.39 Å². The molecule has 0 heterocycles. The van der Waals surface area contributed by atoms with Crippen LogP contribution in [0, 0.1) is 5.82 Å². The summed E-state index contributed by atoms with van der Waals surface area (Å²) in [4.78, 5) is 10.5. The summed E-state index contributed by atoms with van der Waals surface area (Å²) in [6, 6.07) is 6.33. The first-order valence-electron chi connectivity index (χ1n) is 5.98. The van der Waals surface area contributed by atoms with E-state index in [9.17, 15) is 9.18 Å². The zero-order chi connectivity index (χ0) is 13.0. The SMILES string of the molecule is O=C(O)C=C1CCC(Oc2ccccc2F)CC1. The number of ether oxygens (including phenoxy) is 1. The standard InChI is InChI=1S/C14H15FO3/c15-12-3-1-2-4-13(12)18-11-7-5-10(6-8-11)9-14(16)17/h1-4,9,11H,5-8H2,(H,16,17). The summed E-state index contributed by atoms with van der Waals surface area (Å²) >= 11 is 0. The summed E-state index contributed by atoms with van der Waals surface area (Å²) in [5.74, 6) is -0.990. The van der Waals surface area contributed by atoms with Crippen molar-refractivity contribution in [2.75, 3.05) is 0 Å². The molecule has 0 aromatic heterocycles.